The summed E-state index contributed by atoms with van der Waals surface area (Å²) in [4.78, 5) is 0. The van der Waals surface area contributed by atoms with Crippen LogP contribution in [-0.4, -0.2) is 9.78 Å². The van der Waals surface area contributed by atoms with Gasteiger partial charge in [0.05, 0.1) is 12.2 Å². The molecule has 1 aromatic heterocycles. The Kier molecular flexibility index (Phi) is 3.65. The minimum atomic E-state index is -0.273. The fourth-order valence-corrected chi connectivity index (χ4v) is 1.96. The monoisotopic (exact) mass is 247 g/mol. The minimum Gasteiger partial charge on any atom is -0.399 e. The molecule has 18 heavy (non-hydrogen) atoms. The van der Waals surface area contributed by atoms with Crippen LogP contribution in [0.25, 0.3) is 0 Å². The molecule has 0 saturated heterocycles. The molecular formula is C14H18FN3. The summed E-state index contributed by atoms with van der Waals surface area (Å²) in [6, 6.07) is 6.87. The van der Waals surface area contributed by atoms with Gasteiger partial charge in [0.15, 0.2) is 0 Å². The van der Waals surface area contributed by atoms with Gasteiger partial charge in [0.25, 0.3) is 0 Å². The summed E-state index contributed by atoms with van der Waals surface area (Å²) in [7, 11) is 0. The van der Waals surface area contributed by atoms with E-state index in [9.17, 15) is 4.39 Å². The maximum atomic E-state index is 13.7. The molecule has 0 amide bonds. The van der Waals surface area contributed by atoms with Crippen molar-refractivity contribution >= 4 is 5.69 Å². The molecule has 96 valence electrons. The topological polar surface area (TPSA) is 43.8 Å². The summed E-state index contributed by atoms with van der Waals surface area (Å²) in [5, 5.41) is 4.48. The van der Waals surface area contributed by atoms with E-state index in [-0.39, 0.29) is 5.82 Å². The lowest BCUT2D eigenvalue weighted by Gasteiger charge is -2.07. The quantitative estimate of drug-likeness (QED) is 0.844. The molecule has 2 N–H and O–H groups in total. The molecule has 0 atom stereocenters. The first kappa shape index (κ1) is 12.6. The van der Waals surface area contributed by atoms with Gasteiger partial charge in [-0.25, -0.2) is 4.39 Å². The van der Waals surface area contributed by atoms with Crippen LogP contribution in [-0.2, 0) is 19.4 Å². The van der Waals surface area contributed by atoms with E-state index in [1.165, 1.54) is 6.07 Å². The molecular weight excluding hydrogens is 229 g/mol. The summed E-state index contributed by atoms with van der Waals surface area (Å²) < 4.78 is 15.6. The Balaban J connectivity index is 2.30. The number of aromatic nitrogens is 2. The molecule has 1 heterocycles. The Bertz CT molecular complexity index is 546. The molecule has 0 aliphatic rings. The van der Waals surface area contributed by atoms with Crippen LogP contribution in [0, 0.1) is 5.82 Å². The van der Waals surface area contributed by atoms with Crippen molar-refractivity contribution in [3.05, 3.63) is 47.0 Å². The fourth-order valence-electron chi connectivity index (χ4n) is 1.96. The molecule has 0 aliphatic heterocycles. The van der Waals surface area contributed by atoms with Crippen LogP contribution in [0.2, 0.25) is 0 Å². The van der Waals surface area contributed by atoms with Crippen molar-refractivity contribution in [2.45, 2.75) is 33.2 Å². The average Bonchev–Trinajstić information content (AvgIpc) is 2.75. The number of nitrogens with zero attached hydrogens (tertiary/aromatic N) is 2. The van der Waals surface area contributed by atoms with Gasteiger partial charge in [-0.05, 0) is 31.0 Å². The second kappa shape index (κ2) is 5.21. The van der Waals surface area contributed by atoms with Gasteiger partial charge in [0.1, 0.15) is 5.82 Å². The molecule has 2 aromatic rings. The van der Waals surface area contributed by atoms with Crippen molar-refractivity contribution in [1.29, 1.82) is 0 Å². The molecule has 0 bridgehead atoms. The second-order valence-electron chi connectivity index (χ2n) is 4.34. The highest BCUT2D eigenvalue weighted by Crippen LogP contribution is 2.15. The van der Waals surface area contributed by atoms with Crippen molar-refractivity contribution in [3.8, 4) is 0 Å². The van der Waals surface area contributed by atoms with Gasteiger partial charge in [-0.3, -0.25) is 4.68 Å². The first-order valence-corrected chi connectivity index (χ1v) is 6.23. The highest BCUT2D eigenvalue weighted by atomic mass is 19.1. The van der Waals surface area contributed by atoms with E-state index >= 15 is 0 Å². The molecule has 0 spiro atoms. The molecule has 2 rings (SSSR count). The lowest BCUT2D eigenvalue weighted by molar-refractivity contribution is 0.574. The van der Waals surface area contributed by atoms with Crippen LogP contribution in [0.1, 0.15) is 30.8 Å². The summed E-state index contributed by atoms with van der Waals surface area (Å²) in [6.45, 7) is 4.59. The summed E-state index contributed by atoms with van der Waals surface area (Å²) in [6.07, 6.45) is 1.79. The SMILES string of the molecule is CCc1cc(CC)n(Cc2ccc(N)cc2F)n1. The summed E-state index contributed by atoms with van der Waals surface area (Å²) in [5.74, 6) is -0.273. The second-order valence-corrected chi connectivity index (χ2v) is 4.34. The predicted molar refractivity (Wildman–Crippen MR) is 70.9 cm³/mol. The first-order valence-electron chi connectivity index (χ1n) is 6.23. The number of benzene rings is 1. The Morgan fingerprint density at radius 2 is 2.00 bits per heavy atom. The van der Waals surface area contributed by atoms with Crippen LogP contribution >= 0.6 is 0 Å². The standard InChI is InChI=1S/C14H18FN3/c1-3-12-8-13(4-2)18(17-12)9-10-5-6-11(16)7-14(10)15/h5-8H,3-4,9,16H2,1-2H3. The highest BCUT2D eigenvalue weighted by molar-refractivity contribution is 5.40. The van der Waals surface area contributed by atoms with Gasteiger partial charge < -0.3 is 5.73 Å². The van der Waals surface area contributed by atoms with E-state index in [4.69, 9.17) is 5.73 Å². The number of nitrogens with two attached hydrogens (primary N) is 1. The third-order valence-corrected chi connectivity index (χ3v) is 3.04. The van der Waals surface area contributed by atoms with E-state index in [2.05, 4.69) is 25.0 Å². The molecule has 4 heteroatoms. The molecule has 0 unspecified atom stereocenters. The Labute approximate surface area is 106 Å². The molecule has 0 aliphatic carbocycles. The van der Waals surface area contributed by atoms with Gasteiger partial charge in [-0.1, -0.05) is 19.9 Å². The van der Waals surface area contributed by atoms with E-state index < -0.39 is 0 Å². The number of aryl methyl sites for hydroxylation is 2. The number of hydrogen-bond acceptors (Lipinski definition) is 2. The number of anilines is 1. The van der Waals surface area contributed by atoms with E-state index in [1.54, 1.807) is 12.1 Å². The average molecular weight is 247 g/mol. The third kappa shape index (κ3) is 2.53. The number of halogens is 1. The van der Waals surface area contributed by atoms with Gasteiger partial charge in [0.2, 0.25) is 0 Å². The van der Waals surface area contributed by atoms with Crippen LogP contribution in [0.5, 0.6) is 0 Å². The van der Waals surface area contributed by atoms with Gasteiger partial charge in [-0.2, -0.15) is 5.10 Å². The normalized spacial score (nSPS) is 10.8. The summed E-state index contributed by atoms with van der Waals surface area (Å²) >= 11 is 0. The fraction of sp³-hybridized carbons (Fsp3) is 0.357. The van der Waals surface area contributed by atoms with Gasteiger partial charge in [0, 0.05) is 16.9 Å². The molecule has 0 saturated carbocycles. The molecule has 3 nitrogen and oxygen atoms in total. The van der Waals surface area contributed by atoms with Crippen molar-refractivity contribution in [3.63, 3.8) is 0 Å². The predicted octanol–water partition coefficient (Wildman–Crippen LogP) is 2.78. The molecule has 0 radical (unpaired) electrons. The Morgan fingerprint density at radius 3 is 2.61 bits per heavy atom. The lowest BCUT2D eigenvalue weighted by atomic mass is 10.2. The molecule has 1 aromatic carbocycles. The zero-order valence-electron chi connectivity index (χ0n) is 10.8. The number of hydrogen-bond donors (Lipinski definition) is 1. The number of rotatable bonds is 4. The van der Waals surface area contributed by atoms with E-state index in [1.807, 2.05) is 4.68 Å². The maximum Gasteiger partial charge on any atom is 0.130 e. The van der Waals surface area contributed by atoms with E-state index in [0.717, 1.165) is 24.2 Å². The van der Waals surface area contributed by atoms with Gasteiger partial charge >= 0.3 is 0 Å². The smallest absolute Gasteiger partial charge is 0.130 e. The van der Waals surface area contributed by atoms with Crippen LogP contribution in [0.15, 0.2) is 24.3 Å². The van der Waals surface area contributed by atoms with Gasteiger partial charge in [-0.15, -0.1) is 0 Å². The van der Waals surface area contributed by atoms with Crippen molar-refractivity contribution in [2.75, 3.05) is 5.73 Å². The van der Waals surface area contributed by atoms with Crippen molar-refractivity contribution < 1.29 is 4.39 Å². The summed E-state index contributed by atoms with van der Waals surface area (Å²) in [5.41, 5.74) is 8.77. The number of nitrogen functional groups attached to an aromatic ring is 1. The van der Waals surface area contributed by atoms with Crippen molar-refractivity contribution in [2.24, 2.45) is 0 Å². The van der Waals surface area contributed by atoms with Crippen molar-refractivity contribution in [1.82, 2.24) is 9.78 Å². The first-order chi connectivity index (χ1) is 8.63. The lowest BCUT2D eigenvalue weighted by Crippen LogP contribution is -2.07. The zero-order valence-corrected chi connectivity index (χ0v) is 10.8. The Hall–Kier alpha value is -1.84. The van der Waals surface area contributed by atoms with Crippen LogP contribution in [0.4, 0.5) is 10.1 Å². The van der Waals surface area contributed by atoms with E-state index in [0.29, 0.717) is 17.8 Å². The minimum absolute atomic E-state index is 0.273. The third-order valence-electron chi connectivity index (χ3n) is 3.04. The van der Waals surface area contributed by atoms with Crippen LogP contribution < -0.4 is 5.73 Å². The molecule has 0 fully saturated rings. The highest BCUT2D eigenvalue weighted by Gasteiger charge is 2.09. The van der Waals surface area contributed by atoms with Crippen LogP contribution in [0.3, 0.4) is 0 Å². The Morgan fingerprint density at radius 1 is 1.22 bits per heavy atom. The maximum absolute atomic E-state index is 13.7. The largest absolute Gasteiger partial charge is 0.399 e. The zero-order chi connectivity index (χ0) is 13.1.